The van der Waals surface area contributed by atoms with E-state index in [1.54, 1.807) is 0 Å². The van der Waals surface area contributed by atoms with Crippen LogP contribution in [-0.2, 0) is 0 Å². The SMILES string of the molecule is c1ccc(-c2ccc(N(c3ccc(-c4ccc5c(c4)oc4ccccc45)cc3)c3ccc4c(c3)oc3cc(-c5ccccc5)ccc34)cc2)cc1. The highest BCUT2D eigenvalue weighted by atomic mass is 16.3. The van der Waals surface area contributed by atoms with Gasteiger partial charge in [-0.1, -0.05) is 115 Å². The number of nitrogens with zero attached hydrogens (tertiary/aromatic N) is 1. The fourth-order valence-corrected chi connectivity index (χ4v) is 7.30. The first-order valence-electron chi connectivity index (χ1n) is 17.2. The molecular weight excluding hydrogens is 623 g/mol. The lowest BCUT2D eigenvalue weighted by Crippen LogP contribution is -2.09. The van der Waals surface area contributed by atoms with Gasteiger partial charge in [-0.25, -0.2) is 0 Å². The van der Waals surface area contributed by atoms with E-state index in [2.05, 4.69) is 175 Å². The Hall–Kier alpha value is -6.84. The number of anilines is 3. The molecule has 0 unspecified atom stereocenters. The molecule has 0 amide bonds. The Bertz CT molecular complexity index is 2830. The highest BCUT2D eigenvalue weighted by molar-refractivity contribution is 6.07. The van der Waals surface area contributed by atoms with Gasteiger partial charge < -0.3 is 13.7 Å². The molecule has 10 aromatic rings. The molecule has 0 aliphatic rings. The summed E-state index contributed by atoms with van der Waals surface area (Å²) < 4.78 is 12.8. The van der Waals surface area contributed by atoms with Gasteiger partial charge in [-0.2, -0.15) is 0 Å². The Labute approximate surface area is 295 Å². The molecule has 0 aliphatic carbocycles. The monoisotopic (exact) mass is 653 g/mol. The lowest BCUT2D eigenvalue weighted by molar-refractivity contribution is 0.668. The van der Waals surface area contributed by atoms with Crippen molar-refractivity contribution in [2.75, 3.05) is 4.90 Å². The molecule has 240 valence electrons. The van der Waals surface area contributed by atoms with Gasteiger partial charge in [0.25, 0.3) is 0 Å². The third-order valence-corrected chi connectivity index (χ3v) is 9.89. The first-order valence-corrected chi connectivity index (χ1v) is 17.2. The summed E-state index contributed by atoms with van der Waals surface area (Å²) in [4.78, 5) is 2.29. The zero-order valence-electron chi connectivity index (χ0n) is 27.7. The summed E-state index contributed by atoms with van der Waals surface area (Å²) in [6.07, 6.45) is 0. The molecule has 0 aliphatic heterocycles. The van der Waals surface area contributed by atoms with Crippen molar-refractivity contribution in [2.45, 2.75) is 0 Å². The molecule has 10 rings (SSSR count). The van der Waals surface area contributed by atoms with Crippen molar-refractivity contribution in [3.8, 4) is 33.4 Å². The summed E-state index contributed by atoms with van der Waals surface area (Å²) in [6, 6.07) is 66.2. The van der Waals surface area contributed by atoms with Gasteiger partial charge in [0.05, 0.1) is 0 Å². The van der Waals surface area contributed by atoms with Gasteiger partial charge in [0.2, 0.25) is 0 Å². The van der Waals surface area contributed by atoms with Gasteiger partial charge in [-0.05, 0) is 100 Å². The molecule has 0 saturated carbocycles. The third kappa shape index (κ3) is 5.15. The molecule has 0 saturated heterocycles. The maximum Gasteiger partial charge on any atom is 0.137 e. The lowest BCUT2D eigenvalue weighted by atomic mass is 10.0. The predicted octanol–water partition coefficient (Wildman–Crippen LogP) is 14.0. The number of fused-ring (bicyclic) bond motifs is 6. The van der Waals surface area contributed by atoms with E-state index in [-0.39, 0.29) is 0 Å². The van der Waals surface area contributed by atoms with E-state index < -0.39 is 0 Å². The van der Waals surface area contributed by atoms with Crippen LogP contribution in [0.2, 0.25) is 0 Å². The number of para-hydroxylation sites is 1. The van der Waals surface area contributed by atoms with Gasteiger partial charge >= 0.3 is 0 Å². The summed E-state index contributed by atoms with van der Waals surface area (Å²) >= 11 is 0. The summed E-state index contributed by atoms with van der Waals surface area (Å²) in [5, 5.41) is 4.49. The molecule has 0 N–H and O–H groups in total. The molecular formula is C48H31NO2. The van der Waals surface area contributed by atoms with Crippen molar-refractivity contribution in [1.29, 1.82) is 0 Å². The zero-order valence-corrected chi connectivity index (χ0v) is 27.7. The quantitative estimate of drug-likeness (QED) is 0.179. The molecule has 0 spiro atoms. The van der Waals surface area contributed by atoms with Crippen molar-refractivity contribution >= 4 is 60.9 Å². The van der Waals surface area contributed by atoms with E-state index in [4.69, 9.17) is 8.83 Å². The Kier molecular flexibility index (Phi) is 6.81. The van der Waals surface area contributed by atoms with Crippen LogP contribution >= 0.6 is 0 Å². The number of furan rings is 2. The maximum absolute atomic E-state index is 6.55. The Morgan fingerprint density at radius 2 is 0.627 bits per heavy atom. The van der Waals surface area contributed by atoms with Gasteiger partial charge in [-0.3, -0.25) is 0 Å². The van der Waals surface area contributed by atoms with Crippen molar-refractivity contribution in [1.82, 2.24) is 0 Å². The number of rotatable bonds is 6. The van der Waals surface area contributed by atoms with Crippen LogP contribution in [0.15, 0.2) is 197 Å². The second kappa shape index (κ2) is 11.9. The third-order valence-electron chi connectivity index (χ3n) is 9.89. The molecule has 51 heavy (non-hydrogen) atoms. The first-order chi connectivity index (χ1) is 25.2. The van der Waals surface area contributed by atoms with Crippen LogP contribution in [0.25, 0.3) is 77.3 Å². The predicted molar refractivity (Wildman–Crippen MR) is 212 cm³/mol. The topological polar surface area (TPSA) is 29.5 Å². The minimum absolute atomic E-state index is 0.856. The van der Waals surface area contributed by atoms with Crippen LogP contribution in [-0.4, -0.2) is 0 Å². The van der Waals surface area contributed by atoms with Crippen molar-refractivity contribution < 1.29 is 8.83 Å². The maximum atomic E-state index is 6.55. The average molecular weight is 654 g/mol. The van der Waals surface area contributed by atoms with Crippen LogP contribution in [0.4, 0.5) is 17.1 Å². The van der Waals surface area contributed by atoms with Crippen LogP contribution in [0, 0.1) is 0 Å². The number of hydrogen-bond acceptors (Lipinski definition) is 3. The van der Waals surface area contributed by atoms with Crippen molar-refractivity contribution in [2.24, 2.45) is 0 Å². The van der Waals surface area contributed by atoms with E-state index in [1.807, 2.05) is 18.2 Å². The van der Waals surface area contributed by atoms with Crippen LogP contribution < -0.4 is 4.90 Å². The average Bonchev–Trinajstić information content (AvgIpc) is 3.76. The van der Waals surface area contributed by atoms with Crippen LogP contribution in [0.3, 0.4) is 0 Å². The van der Waals surface area contributed by atoms with E-state index in [9.17, 15) is 0 Å². The second-order valence-electron chi connectivity index (χ2n) is 13.0. The minimum Gasteiger partial charge on any atom is -0.456 e. The Balaban J connectivity index is 1.06. The molecule has 2 aromatic heterocycles. The molecule has 0 radical (unpaired) electrons. The van der Waals surface area contributed by atoms with Gasteiger partial charge in [-0.15, -0.1) is 0 Å². The fraction of sp³-hybridized carbons (Fsp3) is 0. The molecule has 3 nitrogen and oxygen atoms in total. The van der Waals surface area contributed by atoms with Crippen molar-refractivity contribution in [3.05, 3.63) is 188 Å². The van der Waals surface area contributed by atoms with Gasteiger partial charge in [0, 0.05) is 44.7 Å². The van der Waals surface area contributed by atoms with Gasteiger partial charge in [0.1, 0.15) is 22.3 Å². The number of hydrogen-bond donors (Lipinski definition) is 0. The molecule has 0 fully saturated rings. The summed E-state index contributed by atoms with van der Waals surface area (Å²) in [6.45, 7) is 0. The zero-order chi connectivity index (χ0) is 33.7. The molecule has 0 atom stereocenters. The lowest BCUT2D eigenvalue weighted by Gasteiger charge is -2.26. The highest BCUT2D eigenvalue weighted by Gasteiger charge is 2.17. The minimum atomic E-state index is 0.856. The summed E-state index contributed by atoms with van der Waals surface area (Å²) in [5.41, 5.74) is 13.6. The van der Waals surface area contributed by atoms with Crippen molar-refractivity contribution in [3.63, 3.8) is 0 Å². The fourth-order valence-electron chi connectivity index (χ4n) is 7.30. The van der Waals surface area contributed by atoms with Crippen LogP contribution in [0.5, 0.6) is 0 Å². The molecule has 8 aromatic carbocycles. The van der Waals surface area contributed by atoms with E-state index >= 15 is 0 Å². The largest absolute Gasteiger partial charge is 0.456 e. The van der Waals surface area contributed by atoms with Crippen LogP contribution in [0.1, 0.15) is 0 Å². The second-order valence-corrected chi connectivity index (χ2v) is 13.0. The van der Waals surface area contributed by atoms with E-state index in [0.717, 1.165) is 77.6 Å². The molecule has 2 heterocycles. The summed E-state index contributed by atoms with van der Waals surface area (Å²) in [5.74, 6) is 0. The van der Waals surface area contributed by atoms with E-state index in [1.165, 1.54) is 16.7 Å². The summed E-state index contributed by atoms with van der Waals surface area (Å²) in [7, 11) is 0. The molecule has 0 bridgehead atoms. The number of benzene rings is 8. The first kappa shape index (κ1) is 29.1. The highest BCUT2D eigenvalue weighted by Crippen LogP contribution is 2.41. The standard InChI is InChI=1S/C48H31NO2/c1-3-9-32(10-4-1)34-15-21-38(22-16-34)49(39-23-17-35(18-24-39)37-20-26-42-41-13-7-8-14-45(41)50-46(42)30-37)40-25-28-44-43-27-19-36(33-11-5-2-6-12-33)29-47(43)51-48(44)31-40/h1-31H. The Morgan fingerprint density at radius 3 is 1.22 bits per heavy atom. The van der Waals surface area contributed by atoms with Gasteiger partial charge in [0.15, 0.2) is 0 Å². The molecule has 3 heteroatoms. The smallest absolute Gasteiger partial charge is 0.137 e. The van der Waals surface area contributed by atoms with E-state index in [0.29, 0.717) is 0 Å². The normalized spacial score (nSPS) is 11.5. The Morgan fingerprint density at radius 1 is 0.255 bits per heavy atom.